The lowest BCUT2D eigenvalue weighted by Crippen LogP contribution is -2.31. The summed E-state index contributed by atoms with van der Waals surface area (Å²) >= 11 is 0. The number of esters is 1. The van der Waals surface area contributed by atoms with Crippen molar-refractivity contribution in [2.45, 2.75) is 116 Å². The van der Waals surface area contributed by atoms with Crippen LogP contribution in [0.4, 0.5) is 0 Å². The first-order valence-electron chi connectivity index (χ1n) is 10.8. The van der Waals surface area contributed by atoms with Crippen molar-refractivity contribution >= 4 is 14.3 Å². The summed E-state index contributed by atoms with van der Waals surface area (Å²) in [6.07, 6.45) is 20.2. The first kappa shape index (κ1) is 25.4. The number of hydrogen-bond donors (Lipinski definition) is 0. The minimum atomic E-state index is -1.52. The number of hydrogen-bond acceptors (Lipinski definition) is 3. The van der Waals surface area contributed by atoms with Crippen molar-refractivity contribution in [3.8, 4) is 0 Å². The van der Waals surface area contributed by atoms with Crippen LogP contribution in [0.2, 0.25) is 19.6 Å². The monoisotopic (exact) mass is 384 g/mol. The van der Waals surface area contributed by atoms with E-state index < -0.39 is 8.32 Å². The van der Waals surface area contributed by atoms with Gasteiger partial charge in [0.05, 0.1) is 13.2 Å². The molecule has 154 valence electrons. The summed E-state index contributed by atoms with van der Waals surface area (Å²) in [4.78, 5) is 11.1. The number of carbonyl (C=O) groups excluding carboxylic acids is 1. The van der Waals surface area contributed by atoms with E-state index in [0.717, 1.165) is 32.1 Å². The Morgan fingerprint density at radius 2 is 1.54 bits per heavy atom. The van der Waals surface area contributed by atoms with E-state index in [2.05, 4.69) is 43.5 Å². The molecule has 0 bridgehead atoms. The number of methoxy groups -OCH3 is 1. The van der Waals surface area contributed by atoms with E-state index in [1.54, 1.807) is 0 Å². The average Bonchev–Trinajstić information content (AvgIpc) is 2.58. The van der Waals surface area contributed by atoms with Crippen LogP contribution >= 0.6 is 0 Å². The molecule has 0 heterocycles. The standard InChI is InChI=1S/C22H44O3Si/c1-6-7-8-9-10-11-12-15-18-21(25-26(3,4)5)19-16-13-14-17-20-22(23)24-2/h15,18,21H,6-14,16-17,19-20H2,1-5H3/b18-15+. The maximum absolute atomic E-state index is 11.1. The molecular weight excluding hydrogens is 340 g/mol. The van der Waals surface area contributed by atoms with Gasteiger partial charge in [0.15, 0.2) is 8.32 Å². The number of rotatable bonds is 17. The average molecular weight is 385 g/mol. The molecular formula is C22H44O3Si. The van der Waals surface area contributed by atoms with Gasteiger partial charge in [-0.1, -0.05) is 70.4 Å². The maximum Gasteiger partial charge on any atom is 0.305 e. The van der Waals surface area contributed by atoms with Gasteiger partial charge < -0.3 is 9.16 Å². The third-order valence-corrected chi connectivity index (χ3v) is 5.44. The molecule has 0 saturated carbocycles. The maximum atomic E-state index is 11.1. The summed E-state index contributed by atoms with van der Waals surface area (Å²) in [6.45, 7) is 9.05. The van der Waals surface area contributed by atoms with Gasteiger partial charge >= 0.3 is 5.97 Å². The smallest absolute Gasteiger partial charge is 0.305 e. The molecule has 0 radical (unpaired) electrons. The normalized spacial score (nSPS) is 13.3. The van der Waals surface area contributed by atoms with Gasteiger partial charge in [-0.25, -0.2) is 0 Å². The lowest BCUT2D eigenvalue weighted by molar-refractivity contribution is -0.140. The van der Waals surface area contributed by atoms with Crippen LogP contribution in [0.1, 0.15) is 90.4 Å². The number of allylic oxidation sites excluding steroid dienone is 1. The molecule has 0 aliphatic heterocycles. The molecule has 0 amide bonds. The van der Waals surface area contributed by atoms with Crippen molar-refractivity contribution in [1.82, 2.24) is 0 Å². The van der Waals surface area contributed by atoms with E-state index in [4.69, 9.17) is 4.43 Å². The number of carbonyl (C=O) groups is 1. The van der Waals surface area contributed by atoms with Gasteiger partial charge in [-0.05, 0) is 45.3 Å². The van der Waals surface area contributed by atoms with Crippen LogP contribution in [-0.2, 0) is 14.0 Å². The lowest BCUT2D eigenvalue weighted by atomic mass is 10.1. The molecule has 1 atom stereocenters. The fourth-order valence-corrected chi connectivity index (χ4v) is 4.11. The number of unbranched alkanes of at least 4 members (excludes halogenated alkanes) is 9. The van der Waals surface area contributed by atoms with Gasteiger partial charge in [0.2, 0.25) is 0 Å². The molecule has 0 spiro atoms. The van der Waals surface area contributed by atoms with E-state index in [1.807, 2.05) is 0 Å². The van der Waals surface area contributed by atoms with Crippen LogP contribution < -0.4 is 0 Å². The fourth-order valence-electron chi connectivity index (χ4n) is 3.01. The molecule has 0 fully saturated rings. The second-order valence-corrected chi connectivity index (χ2v) is 12.7. The van der Waals surface area contributed by atoms with E-state index in [0.29, 0.717) is 6.42 Å². The molecule has 0 saturated heterocycles. The second kappa shape index (κ2) is 16.6. The van der Waals surface area contributed by atoms with Gasteiger partial charge in [-0.2, -0.15) is 0 Å². The second-order valence-electron chi connectivity index (χ2n) is 8.28. The van der Waals surface area contributed by atoms with Crippen molar-refractivity contribution < 1.29 is 14.0 Å². The van der Waals surface area contributed by atoms with Crippen LogP contribution in [0.15, 0.2) is 12.2 Å². The predicted molar refractivity (Wildman–Crippen MR) is 115 cm³/mol. The molecule has 26 heavy (non-hydrogen) atoms. The molecule has 3 nitrogen and oxygen atoms in total. The largest absolute Gasteiger partial charge is 0.469 e. The zero-order chi connectivity index (χ0) is 19.7. The highest BCUT2D eigenvalue weighted by Gasteiger charge is 2.19. The molecule has 0 N–H and O–H groups in total. The first-order chi connectivity index (χ1) is 12.4. The Morgan fingerprint density at radius 1 is 0.923 bits per heavy atom. The van der Waals surface area contributed by atoms with Crippen molar-refractivity contribution in [2.24, 2.45) is 0 Å². The van der Waals surface area contributed by atoms with Crippen molar-refractivity contribution in [3.63, 3.8) is 0 Å². The van der Waals surface area contributed by atoms with E-state index in [-0.39, 0.29) is 12.1 Å². The molecule has 4 heteroatoms. The lowest BCUT2D eigenvalue weighted by Gasteiger charge is -2.24. The third-order valence-electron chi connectivity index (χ3n) is 4.43. The predicted octanol–water partition coefficient (Wildman–Crippen LogP) is 7.03. The summed E-state index contributed by atoms with van der Waals surface area (Å²) in [5.41, 5.74) is 0. The van der Waals surface area contributed by atoms with Gasteiger partial charge in [0.25, 0.3) is 0 Å². The molecule has 0 aliphatic rings. The molecule has 0 aromatic carbocycles. The molecule has 0 aromatic rings. The SMILES string of the molecule is CCCCCCCC/C=C/C(CCCCCCC(=O)OC)O[Si](C)(C)C. The first-order valence-corrected chi connectivity index (χ1v) is 14.2. The van der Waals surface area contributed by atoms with Crippen molar-refractivity contribution in [2.75, 3.05) is 7.11 Å². The third kappa shape index (κ3) is 18.2. The quantitative estimate of drug-likeness (QED) is 0.117. The number of ether oxygens (including phenoxy) is 1. The molecule has 1 unspecified atom stereocenters. The summed E-state index contributed by atoms with van der Waals surface area (Å²) in [5, 5.41) is 0. The summed E-state index contributed by atoms with van der Waals surface area (Å²) in [5.74, 6) is -0.0948. The molecule has 0 aliphatic carbocycles. The van der Waals surface area contributed by atoms with Gasteiger partial charge in [-0.3, -0.25) is 4.79 Å². The topological polar surface area (TPSA) is 35.5 Å². The fraction of sp³-hybridized carbons (Fsp3) is 0.864. The zero-order valence-electron chi connectivity index (χ0n) is 18.1. The molecule has 0 rings (SSSR count). The Bertz CT molecular complexity index is 361. The minimum absolute atomic E-state index is 0.0948. The Hall–Kier alpha value is -0.613. The summed E-state index contributed by atoms with van der Waals surface area (Å²) in [6, 6.07) is 0. The summed E-state index contributed by atoms with van der Waals surface area (Å²) in [7, 11) is -0.0618. The van der Waals surface area contributed by atoms with Crippen molar-refractivity contribution in [1.29, 1.82) is 0 Å². The van der Waals surface area contributed by atoms with Gasteiger partial charge in [0, 0.05) is 6.42 Å². The Morgan fingerprint density at radius 3 is 2.19 bits per heavy atom. The zero-order valence-corrected chi connectivity index (χ0v) is 19.1. The van der Waals surface area contributed by atoms with E-state index >= 15 is 0 Å². The Kier molecular flexibility index (Phi) is 16.2. The molecule has 0 aromatic heterocycles. The van der Waals surface area contributed by atoms with Crippen LogP contribution in [0.5, 0.6) is 0 Å². The van der Waals surface area contributed by atoms with Crippen LogP contribution in [-0.4, -0.2) is 27.5 Å². The van der Waals surface area contributed by atoms with Crippen LogP contribution in [0.25, 0.3) is 0 Å². The van der Waals surface area contributed by atoms with Crippen LogP contribution in [0, 0.1) is 0 Å². The minimum Gasteiger partial charge on any atom is -0.469 e. The highest BCUT2D eigenvalue weighted by Crippen LogP contribution is 2.16. The summed E-state index contributed by atoms with van der Waals surface area (Å²) < 4.78 is 11.0. The highest BCUT2D eigenvalue weighted by molar-refractivity contribution is 6.69. The van der Waals surface area contributed by atoms with Gasteiger partial charge in [-0.15, -0.1) is 0 Å². The van der Waals surface area contributed by atoms with E-state index in [9.17, 15) is 4.79 Å². The Balaban J connectivity index is 3.97. The van der Waals surface area contributed by atoms with Crippen LogP contribution in [0.3, 0.4) is 0 Å². The Labute approximate surface area is 164 Å². The van der Waals surface area contributed by atoms with E-state index in [1.165, 1.54) is 52.1 Å². The highest BCUT2D eigenvalue weighted by atomic mass is 28.4. The van der Waals surface area contributed by atoms with Gasteiger partial charge in [0.1, 0.15) is 0 Å². The van der Waals surface area contributed by atoms with Crippen molar-refractivity contribution in [3.05, 3.63) is 12.2 Å².